The molecule has 3 aromatic carbocycles. The van der Waals surface area contributed by atoms with Crippen LogP contribution >= 0.6 is 46.1 Å². The van der Waals surface area contributed by atoms with Crippen molar-refractivity contribution in [3.8, 4) is 29.1 Å². The average molecular weight is 602 g/mol. The molecule has 1 aliphatic rings. The Kier molecular flexibility index (Phi) is 7.52. The molecule has 2 N–H and O–H groups in total. The first-order valence-corrected chi connectivity index (χ1v) is 13.5. The standard InChI is InChI=1S/C28H19Cl3N2O5S/c1-3-36-19-7-4-13(8-21(19)35-2)23-16-6-5-15(11-20(16)38-27(33)17(23)12-32)37-28(34)26-25(31)24-18(30)9-14(29)10-22(24)39-26/h4-11,23H,3,33H2,1-2H3. The molecule has 0 fully saturated rings. The zero-order valence-electron chi connectivity index (χ0n) is 20.5. The molecule has 0 saturated heterocycles. The largest absolute Gasteiger partial charge is 0.493 e. The lowest BCUT2D eigenvalue weighted by molar-refractivity contribution is 0.0740. The number of ether oxygens (including phenoxy) is 4. The van der Waals surface area contributed by atoms with E-state index in [-0.39, 0.29) is 27.1 Å². The van der Waals surface area contributed by atoms with Crippen LogP contribution in [0.5, 0.6) is 23.0 Å². The number of carbonyl (C=O) groups is 1. The molecule has 0 amide bonds. The van der Waals surface area contributed by atoms with Crippen LogP contribution in [0, 0.1) is 11.3 Å². The van der Waals surface area contributed by atoms with Crippen molar-refractivity contribution in [2.24, 2.45) is 5.73 Å². The summed E-state index contributed by atoms with van der Waals surface area (Å²) >= 11 is 20.0. The minimum absolute atomic E-state index is 0.0506. The van der Waals surface area contributed by atoms with Gasteiger partial charge in [-0.25, -0.2) is 4.79 Å². The molecular weight excluding hydrogens is 583 g/mol. The Morgan fingerprint density at radius 3 is 2.64 bits per heavy atom. The molecule has 7 nitrogen and oxygen atoms in total. The van der Waals surface area contributed by atoms with Crippen LogP contribution in [0.4, 0.5) is 0 Å². The SMILES string of the molecule is CCOc1ccc(C2C(C#N)=C(N)Oc3cc(OC(=O)c4sc5cc(Cl)cc(Cl)c5c4Cl)ccc32)cc1OC. The van der Waals surface area contributed by atoms with Gasteiger partial charge in [0.15, 0.2) is 11.5 Å². The minimum Gasteiger partial charge on any atom is -0.493 e. The van der Waals surface area contributed by atoms with Crippen molar-refractivity contribution < 1.29 is 23.7 Å². The fourth-order valence-corrected chi connectivity index (χ4v) is 6.62. The predicted molar refractivity (Wildman–Crippen MR) is 152 cm³/mol. The van der Waals surface area contributed by atoms with Crippen LogP contribution in [-0.4, -0.2) is 19.7 Å². The second-order valence-electron chi connectivity index (χ2n) is 8.36. The summed E-state index contributed by atoms with van der Waals surface area (Å²) in [7, 11) is 1.54. The van der Waals surface area contributed by atoms with Gasteiger partial charge >= 0.3 is 5.97 Å². The van der Waals surface area contributed by atoms with E-state index in [2.05, 4.69) is 6.07 Å². The second kappa shape index (κ2) is 10.9. The van der Waals surface area contributed by atoms with E-state index in [1.165, 1.54) is 6.07 Å². The number of esters is 1. The number of nitriles is 1. The molecule has 0 bridgehead atoms. The summed E-state index contributed by atoms with van der Waals surface area (Å²) < 4.78 is 23.2. The summed E-state index contributed by atoms with van der Waals surface area (Å²) in [5.41, 5.74) is 7.79. The van der Waals surface area contributed by atoms with E-state index in [1.54, 1.807) is 43.5 Å². The van der Waals surface area contributed by atoms with Crippen molar-refractivity contribution >= 4 is 62.2 Å². The molecule has 0 aliphatic carbocycles. The molecule has 5 rings (SSSR count). The number of fused-ring (bicyclic) bond motifs is 2. The topological polar surface area (TPSA) is 104 Å². The van der Waals surface area contributed by atoms with Crippen LogP contribution in [0.3, 0.4) is 0 Å². The summed E-state index contributed by atoms with van der Waals surface area (Å²) in [6, 6.07) is 15.7. The number of thiophene rings is 1. The summed E-state index contributed by atoms with van der Waals surface area (Å²) in [5, 5.41) is 11.4. The number of nitrogens with two attached hydrogens (primary N) is 1. The molecule has 1 aromatic heterocycles. The Morgan fingerprint density at radius 2 is 1.92 bits per heavy atom. The number of rotatable bonds is 6. The highest BCUT2D eigenvalue weighted by atomic mass is 35.5. The van der Waals surface area contributed by atoms with Gasteiger partial charge in [0.2, 0.25) is 5.88 Å². The molecule has 1 unspecified atom stereocenters. The Morgan fingerprint density at radius 1 is 1.13 bits per heavy atom. The quantitative estimate of drug-likeness (QED) is 0.178. The number of hydrogen-bond donors (Lipinski definition) is 1. The van der Waals surface area contributed by atoms with E-state index in [9.17, 15) is 10.1 Å². The van der Waals surface area contributed by atoms with Gasteiger partial charge in [0.1, 0.15) is 28.0 Å². The molecule has 39 heavy (non-hydrogen) atoms. The predicted octanol–water partition coefficient (Wildman–Crippen LogP) is 7.71. The lowest BCUT2D eigenvalue weighted by Gasteiger charge is -2.27. The molecule has 4 aromatic rings. The van der Waals surface area contributed by atoms with Crippen LogP contribution < -0.4 is 24.7 Å². The molecule has 198 valence electrons. The molecule has 1 aliphatic heterocycles. The average Bonchev–Trinajstić information content (AvgIpc) is 3.24. The summed E-state index contributed by atoms with van der Waals surface area (Å²) in [6.45, 7) is 2.35. The number of allylic oxidation sites excluding steroid dienone is 1. The van der Waals surface area contributed by atoms with Crippen LogP contribution in [0.1, 0.15) is 33.6 Å². The van der Waals surface area contributed by atoms with E-state index < -0.39 is 11.9 Å². The minimum atomic E-state index is -0.668. The number of carbonyl (C=O) groups excluding carboxylic acids is 1. The lowest BCUT2D eigenvalue weighted by atomic mass is 9.83. The smallest absolute Gasteiger partial charge is 0.355 e. The van der Waals surface area contributed by atoms with Crippen molar-refractivity contribution in [3.63, 3.8) is 0 Å². The summed E-state index contributed by atoms with van der Waals surface area (Å²) in [5.74, 6) is 0.378. The maximum atomic E-state index is 13.1. The van der Waals surface area contributed by atoms with Gasteiger partial charge in [-0.1, -0.05) is 46.9 Å². The highest BCUT2D eigenvalue weighted by Crippen LogP contribution is 2.46. The van der Waals surface area contributed by atoms with Gasteiger partial charge in [-0.15, -0.1) is 11.3 Å². The molecule has 11 heteroatoms. The third-order valence-electron chi connectivity index (χ3n) is 6.06. The fraction of sp³-hybridized carbons (Fsp3) is 0.143. The highest BCUT2D eigenvalue weighted by Gasteiger charge is 2.32. The summed E-state index contributed by atoms with van der Waals surface area (Å²) in [6.07, 6.45) is 0. The van der Waals surface area contributed by atoms with Gasteiger partial charge in [0, 0.05) is 26.7 Å². The number of halogens is 3. The number of methoxy groups -OCH3 is 1. The molecule has 2 heterocycles. The third kappa shape index (κ3) is 4.95. The van der Waals surface area contributed by atoms with Crippen molar-refractivity contribution in [1.82, 2.24) is 0 Å². The van der Waals surface area contributed by atoms with E-state index in [0.717, 1.165) is 16.9 Å². The Balaban J connectivity index is 1.50. The van der Waals surface area contributed by atoms with Crippen molar-refractivity contribution in [3.05, 3.63) is 91.1 Å². The van der Waals surface area contributed by atoms with Crippen molar-refractivity contribution in [1.29, 1.82) is 5.26 Å². The second-order valence-corrected chi connectivity index (χ2v) is 10.6. The zero-order chi connectivity index (χ0) is 27.8. The van der Waals surface area contributed by atoms with Gasteiger partial charge in [-0.2, -0.15) is 5.26 Å². The third-order valence-corrected chi connectivity index (χ3v) is 8.18. The monoisotopic (exact) mass is 600 g/mol. The Labute approximate surface area is 242 Å². The van der Waals surface area contributed by atoms with E-state index in [0.29, 0.717) is 49.6 Å². The number of nitrogens with zero attached hydrogens (tertiary/aromatic N) is 1. The van der Waals surface area contributed by atoms with Gasteiger partial charge < -0.3 is 24.7 Å². The number of benzene rings is 3. The molecule has 0 saturated carbocycles. The first-order chi connectivity index (χ1) is 18.7. The normalized spacial score (nSPS) is 14.4. The molecular formula is C28H19Cl3N2O5S. The fourth-order valence-electron chi connectivity index (χ4n) is 4.38. The molecule has 1 atom stereocenters. The van der Waals surface area contributed by atoms with Gasteiger partial charge in [0.05, 0.1) is 29.7 Å². The highest BCUT2D eigenvalue weighted by molar-refractivity contribution is 7.21. The molecule has 0 radical (unpaired) electrons. The van der Waals surface area contributed by atoms with Crippen LogP contribution in [-0.2, 0) is 0 Å². The summed E-state index contributed by atoms with van der Waals surface area (Å²) in [4.78, 5) is 13.2. The van der Waals surface area contributed by atoms with E-state index >= 15 is 0 Å². The Hall–Kier alpha value is -3.61. The maximum absolute atomic E-state index is 13.1. The van der Waals surface area contributed by atoms with Gasteiger partial charge in [0.25, 0.3) is 0 Å². The van der Waals surface area contributed by atoms with Crippen LogP contribution in [0.2, 0.25) is 15.1 Å². The van der Waals surface area contributed by atoms with Gasteiger partial charge in [-0.3, -0.25) is 0 Å². The van der Waals surface area contributed by atoms with Crippen LogP contribution in [0.15, 0.2) is 60.0 Å². The first-order valence-electron chi connectivity index (χ1n) is 11.6. The first kappa shape index (κ1) is 27.0. The van der Waals surface area contributed by atoms with E-state index in [4.69, 9.17) is 59.5 Å². The number of hydrogen-bond acceptors (Lipinski definition) is 8. The maximum Gasteiger partial charge on any atom is 0.355 e. The van der Waals surface area contributed by atoms with Crippen molar-refractivity contribution in [2.45, 2.75) is 12.8 Å². The molecule has 0 spiro atoms. The lowest BCUT2D eigenvalue weighted by Crippen LogP contribution is -2.21. The van der Waals surface area contributed by atoms with Crippen molar-refractivity contribution in [2.75, 3.05) is 13.7 Å². The zero-order valence-corrected chi connectivity index (χ0v) is 23.6. The van der Waals surface area contributed by atoms with Crippen LogP contribution in [0.25, 0.3) is 10.1 Å². The van der Waals surface area contributed by atoms with E-state index in [1.807, 2.05) is 13.0 Å². The van der Waals surface area contributed by atoms with Gasteiger partial charge in [-0.05, 0) is 42.8 Å². The Bertz CT molecular complexity index is 1710.